The molecule has 0 spiro atoms. The lowest BCUT2D eigenvalue weighted by atomic mass is 10.1. The Labute approximate surface area is 128 Å². The number of aliphatic hydroxyl groups is 1. The van der Waals surface area contributed by atoms with Crippen molar-refractivity contribution < 1.29 is 14.3 Å². The van der Waals surface area contributed by atoms with Crippen molar-refractivity contribution >= 4 is 24.0 Å². The van der Waals surface area contributed by atoms with E-state index < -0.39 is 0 Å². The molecule has 20 heavy (non-hydrogen) atoms. The van der Waals surface area contributed by atoms with Crippen molar-refractivity contribution in [2.75, 3.05) is 13.7 Å². The molecule has 0 aliphatic heterocycles. The van der Waals surface area contributed by atoms with Crippen LogP contribution >= 0.6 is 24.0 Å². The van der Waals surface area contributed by atoms with Gasteiger partial charge in [0.2, 0.25) is 0 Å². The first-order chi connectivity index (χ1) is 9.13. The Kier molecular flexibility index (Phi) is 6.36. The minimum Gasteiger partial charge on any atom is -0.495 e. The van der Waals surface area contributed by atoms with Crippen LogP contribution in [0.3, 0.4) is 0 Å². The normalized spacial score (nSPS) is 11.8. The second-order valence-corrected chi connectivity index (χ2v) is 4.67. The van der Waals surface area contributed by atoms with Crippen LogP contribution in [0.1, 0.15) is 5.76 Å². The van der Waals surface area contributed by atoms with Gasteiger partial charge in [-0.15, -0.1) is 12.4 Å². The third-order valence-electron chi connectivity index (χ3n) is 2.80. The number of furan rings is 1. The van der Waals surface area contributed by atoms with Gasteiger partial charge in [0.15, 0.2) is 0 Å². The molecule has 0 aliphatic rings. The van der Waals surface area contributed by atoms with Crippen LogP contribution in [0.5, 0.6) is 5.75 Å². The highest BCUT2D eigenvalue weighted by Crippen LogP contribution is 2.31. The molecule has 0 bridgehead atoms. The quantitative estimate of drug-likeness (QED) is 0.889. The summed E-state index contributed by atoms with van der Waals surface area (Å²) in [5.74, 6) is 2.08. The van der Waals surface area contributed by atoms with Gasteiger partial charge >= 0.3 is 0 Å². The summed E-state index contributed by atoms with van der Waals surface area (Å²) in [6.07, 6.45) is 0.500. The highest BCUT2D eigenvalue weighted by atomic mass is 35.5. The van der Waals surface area contributed by atoms with Crippen molar-refractivity contribution in [3.05, 3.63) is 41.1 Å². The van der Waals surface area contributed by atoms with Crippen molar-refractivity contribution in [2.24, 2.45) is 5.73 Å². The lowest BCUT2D eigenvalue weighted by molar-refractivity contribution is 0.260. The lowest BCUT2D eigenvalue weighted by Gasteiger charge is -2.05. The fourth-order valence-corrected chi connectivity index (χ4v) is 2.04. The Balaban J connectivity index is 0.00000200. The number of rotatable bonds is 5. The van der Waals surface area contributed by atoms with Crippen LogP contribution in [0.4, 0.5) is 0 Å². The first-order valence-corrected chi connectivity index (χ1v) is 6.31. The van der Waals surface area contributed by atoms with Crippen LogP contribution in [0, 0.1) is 0 Å². The summed E-state index contributed by atoms with van der Waals surface area (Å²) in [6.45, 7) is -0.0651. The molecular formula is C14H17Cl2NO3. The predicted octanol–water partition coefficient (Wildman–Crippen LogP) is 2.89. The summed E-state index contributed by atoms with van der Waals surface area (Å²) in [5.41, 5.74) is 6.54. The maximum Gasteiger partial charge on any atom is 0.137 e. The fourth-order valence-electron chi connectivity index (χ4n) is 1.79. The third kappa shape index (κ3) is 3.90. The van der Waals surface area contributed by atoms with Gasteiger partial charge in [0.1, 0.15) is 17.3 Å². The van der Waals surface area contributed by atoms with E-state index in [1.54, 1.807) is 19.2 Å². The monoisotopic (exact) mass is 317 g/mol. The summed E-state index contributed by atoms with van der Waals surface area (Å²) >= 11 is 6.07. The van der Waals surface area contributed by atoms with E-state index in [1.807, 2.05) is 18.2 Å². The molecule has 0 amide bonds. The molecule has 2 aromatic rings. The lowest BCUT2D eigenvalue weighted by Crippen LogP contribution is -2.26. The molecule has 0 saturated carbocycles. The largest absolute Gasteiger partial charge is 0.495 e. The number of aliphatic hydroxyl groups excluding tert-OH is 1. The SMILES string of the molecule is COc1ccc(-c2ccc(CC(N)CO)o2)cc1Cl.Cl. The molecular weight excluding hydrogens is 301 g/mol. The molecule has 0 saturated heterocycles. The van der Waals surface area contributed by atoms with Crippen molar-refractivity contribution in [1.29, 1.82) is 0 Å². The van der Waals surface area contributed by atoms with E-state index in [1.165, 1.54) is 0 Å². The van der Waals surface area contributed by atoms with Gasteiger partial charge in [-0.3, -0.25) is 0 Å². The number of ether oxygens (including phenoxy) is 1. The highest BCUT2D eigenvalue weighted by molar-refractivity contribution is 6.32. The molecule has 110 valence electrons. The number of benzene rings is 1. The molecule has 1 heterocycles. The summed E-state index contributed by atoms with van der Waals surface area (Å²) in [6, 6.07) is 8.85. The zero-order valence-electron chi connectivity index (χ0n) is 11.0. The van der Waals surface area contributed by atoms with E-state index >= 15 is 0 Å². The standard InChI is InChI=1S/C14H16ClNO3.ClH/c1-18-14-4-2-9(6-12(14)15)13-5-3-11(19-13)7-10(16)8-17;/h2-6,10,17H,7-8,16H2,1H3;1H. The average molecular weight is 318 g/mol. The van der Waals surface area contributed by atoms with Crippen LogP contribution in [-0.2, 0) is 6.42 Å². The molecule has 3 N–H and O–H groups in total. The van der Waals surface area contributed by atoms with E-state index in [0.717, 1.165) is 11.3 Å². The van der Waals surface area contributed by atoms with Gasteiger partial charge in [-0.25, -0.2) is 0 Å². The van der Waals surface area contributed by atoms with E-state index in [-0.39, 0.29) is 25.1 Å². The van der Waals surface area contributed by atoms with Gasteiger partial charge in [0.25, 0.3) is 0 Å². The second kappa shape index (κ2) is 7.55. The van der Waals surface area contributed by atoms with Crippen LogP contribution in [0.15, 0.2) is 34.7 Å². The van der Waals surface area contributed by atoms with Crippen LogP contribution in [-0.4, -0.2) is 24.9 Å². The minimum absolute atomic E-state index is 0. The number of hydrogen-bond acceptors (Lipinski definition) is 4. The van der Waals surface area contributed by atoms with Gasteiger partial charge in [-0.05, 0) is 30.3 Å². The molecule has 0 fully saturated rings. The molecule has 1 atom stereocenters. The van der Waals surface area contributed by atoms with Crippen molar-refractivity contribution in [2.45, 2.75) is 12.5 Å². The number of methoxy groups -OCH3 is 1. The Hall–Kier alpha value is -1.20. The fraction of sp³-hybridized carbons (Fsp3) is 0.286. The molecule has 0 aliphatic carbocycles. The van der Waals surface area contributed by atoms with Crippen molar-refractivity contribution in [3.63, 3.8) is 0 Å². The Bertz CT molecular complexity index is 557. The number of nitrogens with two attached hydrogens (primary N) is 1. The Morgan fingerprint density at radius 2 is 2.10 bits per heavy atom. The maximum atomic E-state index is 8.92. The third-order valence-corrected chi connectivity index (χ3v) is 3.09. The highest BCUT2D eigenvalue weighted by Gasteiger charge is 2.10. The van der Waals surface area contributed by atoms with Crippen LogP contribution < -0.4 is 10.5 Å². The Morgan fingerprint density at radius 1 is 1.35 bits per heavy atom. The molecule has 2 rings (SSSR count). The molecule has 1 aromatic carbocycles. The number of hydrogen-bond donors (Lipinski definition) is 2. The molecule has 1 aromatic heterocycles. The molecule has 0 radical (unpaired) electrons. The van der Waals surface area contributed by atoms with Gasteiger partial charge in [0, 0.05) is 18.0 Å². The molecule has 4 nitrogen and oxygen atoms in total. The van der Waals surface area contributed by atoms with Gasteiger partial charge < -0.3 is 20.0 Å². The van der Waals surface area contributed by atoms with E-state index in [4.69, 9.17) is 31.6 Å². The van der Waals surface area contributed by atoms with Gasteiger partial charge in [-0.1, -0.05) is 11.6 Å². The van der Waals surface area contributed by atoms with E-state index in [2.05, 4.69) is 0 Å². The van der Waals surface area contributed by atoms with Crippen molar-refractivity contribution in [3.8, 4) is 17.1 Å². The molecule has 1 unspecified atom stereocenters. The maximum absolute atomic E-state index is 8.92. The summed E-state index contributed by atoms with van der Waals surface area (Å²) in [7, 11) is 1.57. The second-order valence-electron chi connectivity index (χ2n) is 4.26. The van der Waals surface area contributed by atoms with E-state index in [0.29, 0.717) is 23.0 Å². The van der Waals surface area contributed by atoms with Crippen molar-refractivity contribution in [1.82, 2.24) is 0 Å². The Morgan fingerprint density at radius 3 is 2.70 bits per heavy atom. The zero-order valence-corrected chi connectivity index (χ0v) is 12.6. The topological polar surface area (TPSA) is 68.6 Å². The minimum atomic E-state index is -0.307. The van der Waals surface area contributed by atoms with E-state index in [9.17, 15) is 0 Å². The van der Waals surface area contributed by atoms with Crippen LogP contribution in [0.2, 0.25) is 5.02 Å². The summed E-state index contributed by atoms with van der Waals surface area (Å²) in [5, 5.41) is 9.45. The summed E-state index contributed by atoms with van der Waals surface area (Å²) in [4.78, 5) is 0. The zero-order chi connectivity index (χ0) is 13.8. The first-order valence-electron chi connectivity index (χ1n) is 5.93. The summed E-state index contributed by atoms with van der Waals surface area (Å²) < 4.78 is 10.8. The first kappa shape index (κ1) is 16.9. The van der Waals surface area contributed by atoms with Gasteiger partial charge in [0.05, 0.1) is 18.7 Å². The smallest absolute Gasteiger partial charge is 0.137 e. The average Bonchev–Trinajstić information content (AvgIpc) is 2.87. The predicted molar refractivity (Wildman–Crippen MR) is 81.7 cm³/mol. The number of halogens is 2. The van der Waals surface area contributed by atoms with Gasteiger partial charge in [-0.2, -0.15) is 0 Å². The molecule has 6 heteroatoms. The van der Waals surface area contributed by atoms with Crippen LogP contribution in [0.25, 0.3) is 11.3 Å².